The molecule has 0 bridgehead atoms. The normalized spacial score (nSPS) is 22.9. The maximum Gasteiger partial charge on any atom is 0.387 e. The second kappa shape index (κ2) is 8.09. The van der Waals surface area contributed by atoms with Crippen LogP contribution in [0.25, 0.3) is 22.3 Å². The standard InChI is InChI=1S/C23H23F2N3O5S/c1-23(11-34(31,32)12-23)9-19(30)14-6-18-21(26-10-14)20(27-28(18)15-7-16(29)8-15)13-3-2-4-17(5-13)33-22(24)25/h2-6,10,15-16,22,29H,7-9,11-12H2,1H3. The first-order valence-electron chi connectivity index (χ1n) is 10.9. The minimum Gasteiger partial charge on any atom is -0.435 e. The molecule has 0 atom stereocenters. The van der Waals surface area contributed by atoms with Crippen molar-refractivity contribution in [2.24, 2.45) is 5.41 Å². The van der Waals surface area contributed by atoms with E-state index in [9.17, 15) is 27.1 Å². The maximum atomic E-state index is 13.0. The van der Waals surface area contributed by atoms with Gasteiger partial charge in [-0.25, -0.2) is 8.42 Å². The van der Waals surface area contributed by atoms with Crippen molar-refractivity contribution in [2.75, 3.05) is 11.5 Å². The molecule has 1 aliphatic heterocycles. The van der Waals surface area contributed by atoms with Gasteiger partial charge in [-0.15, -0.1) is 0 Å². The van der Waals surface area contributed by atoms with Gasteiger partial charge in [0.25, 0.3) is 0 Å². The van der Waals surface area contributed by atoms with Crippen LogP contribution >= 0.6 is 0 Å². The summed E-state index contributed by atoms with van der Waals surface area (Å²) in [6, 6.07) is 7.75. The number of Topliss-reactive ketones (excluding diaryl/α,β-unsaturated/α-hetero) is 1. The molecule has 180 valence electrons. The Morgan fingerprint density at radius 2 is 2.03 bits per heavy atom. The number of hydrogen-bond acceptors (Lipinski definition) is 7. The van der Waals surface area contributed by atoms with Crippen molar-refractivity contribution < 1.29 is 31.8 Å². The number of carbonyl (C=O) groups is 1. The van der Waals surface area contributed by atoms with E-state index >= 15 is 0 Å². The van der Waals surface area contributed by atoms with Crippen molar-refractivity contribution in [1.29, 1.82) is 0 Å². The van der Waals surface area contributed by atoms with Crippen molar-refractivity contribution in [3.63, 3.8) is 0 Å². The van der Waals surface area contributed by atoms with Crippen LogP contribution in [-0.4, -0.2) is 58.3 Å². The number of alkyl halides is 2. The first kappa shape index (κ1) is 22.9. The fourth-order valence-corrected chi connectivity index (χ4v) is 7.08. The molecule has 2 aliphatic rings. The predicted molar refractivity (Wildman–Crippen MR) is 120 cm³/mol. The zero-order valence-electron chi connectivity index (χ0n) is 18.3. The van der Waals surface area contributed by atoms with Crippen LogP contribution in [0.4, 0.5) is 8.78 Å². The number of aliphatic hydroxyl groups is 1. The zero-order chi connectivity index (χ0) is 24.3. The van der Waals surface area contributed by atoms with E-state index < -0.39 is 28.0 Å². The summed E-state index contributed by atoms with van der Waals surface area (Å²) >= 11 is 0. The van der Waals surface area contributed by atoms with Crippen molar-refractivity contribution in [1.82, 2.24) is 14.8 Å². The number of sulfone groups is 1. The fourth-order valence-electron chi connectivity index (χ4n) is 4.83. The number of nitrogens with zero attached hydrogens (tertiary/aromatic N) is 3. The van der Waals surface area contributed by atoms with E-state index in [1.54, 1.807) is 29.8 Å². The first-order chi connectivity index (χ1) is 16.0. The van der Waals surface area contributed by atoms with Gasteiger partial charge in [-0.05, 0) is 31.0 Å². The SMILES string of the molecule is CC1(CC(=O)c2cnc3c(-c4cccc(OC(F)F)c4)nn(C4CC(O)C4)c3c2)CS(=O)(=O)C1. The van der Waals surface area contributed by atoms with Gasteiger partial charge in [0.2, 0.25) is 0 Å². The summed E-state index contributed by atoms with van der Waals surface area (Å²) in [5.74, 6) is -0.243. The third-order valence-electron chi connectivity index (χ3n) is 6.36. The molecule has 8 nitrogen and oxygen atoms in total. The van der Waals surface area contributed by atoms with Crippen LogP contribution < -0.4 is 4.74 Å². The van der Waals surface area contributed by atoms with Crippen LogP contribution in [0.15, 0.2) is 36.5 Å². The molecule has 0 unspecified atom stereocenters. The Kier molecular flexibility index (Phi) is 5.44. The number of benzene rings is 1. The lowest BCUT2D eigenvalue weighted by atomic mass is 9.86. The molecule has 5 rings (SSSR count). The maximum absolute atomic E-state index is 13.0. The Morgan fingerprint density at radius 1 is 1.29 bits per heavy atom. The van der Waals surface area contributed by atoms with Crippen molar-refractivity contribution in [2.45, 2.75) is 44.9 Å². The van der Waals surface area contributed by atoms with Crippen molar-refractivity contribution in [3.05, 3.63) is 42.1 Å². The number of carbonyl (C=O) groups excluding carboxylic acids is 1. The van der Waals surface area contributed by atoms with Crippen LogP contribution in [0.1, 0.15) is 42.6 Å². The molecule has 1 saturated carbocycles. The minimum atomic E-state index is -3.07. The number of ether oxygens (including phenoxy) is 1. The van der Waals surface area contributed by atoms with Crippen LogP contribution in [0.5, 0.6) is 5.75 Å². The Labute approximate surface area is 194 Å². The Balaban J connectivity index is 1.52. The first-order valence-corrected chi connectivity index (χ1v) is 12.7. The highest BCUT2D eigenvalue weighted by atomic mass is 32.2. The van der Waals surface area contributed by atoms with Crippen molar-refractivity contribution >= 4 is 26.7 Å². The summed E-state index contributed by atoms with van der Waals surface area (Å²) in [4.78, 5) is 17.4. The van der Waals surface area contributed by atoms with Gasteiger partial charge >= 0.3 is 6.61 Å². The average Bonchev–Trinajstić information content (AvgIpc) is 3.08. The van der Waals surface area contributed by atoms with E-state index in [4.69, 9.17) is 0 Å². The number of hydrogen-bond donors (Lipinski definition) is 1. The van der Waals surface area contributed by atoms with Gasteiger partial charge in [0, 0.05) is 29.2 Å². The summed E-state index contributed by atoms with van der Waals surface area (Å²) < 4.78 is 54.8. The summed E-state index contributed by atoms with van der Waals surface area (Å²) in [6.07, 6.45) is 2.09. The molecule has 1 saturated heterocycles. The molecule has 3 aromatic rings. The summed E-state index contributed by atoms with van der Waals surface area (Å²) in [5, 5.41) is 14.5. The highest BCUT2D eigenvalue weighted by Crippen LogP contribution is 2.39. The molecule has 2 fully saturated rings. The molecule has 34 heavy (non-hydrogen) atoms. The highest BCUT2D eigenvalue weighted by molar-refractivity contribution is 7.92. The van der Waals surface area contributed by atoms with Gasteiger partial charge < -0.3 is 9.84 Å². The van der Waals surface area contributed by atoms with Gasteiger partial charge in [0.05, 0.1) is 29.2 Å². The summed E-state index contributed by atoms with van der Waals surface area (Å²) in [7, 11) is -3.07. The van der Waals surface area contributed by atoms with Crippen LogP contribution in [-0.2, 0) is 9.84 Å². The predicted octanol–water partition coefficient (Wildman–Crippen LogP) is 3.40. The smallest absolute Gasteiger partial charge is 0.387 e. The molecule has 0 amide bonds. The molecule has 0 radical (unpaired) electrons. The van der Waals surface area contributed by atoms with E-state index in [0.717, 1.165) is 0 Å². The number of aliphatic hydroxyl groups excluding tert-OH is 1. The lowest BCUT2D eigenvalue weighted by Gasteiger charge is -2.37. The van der Waals surface area contributed by atoms with Crippen LogP contribution in [0, 0.1) is 5.41 Å². The molecule has 0 spiro atoms. The molecule has 2 aromatic heterocycles. The van der Waals surface area contributed by atoms with Gasteiger partial charge in [-0.3, -0.25) is 14.5 Å². The molecule has 1 N–H and O–H groups in total. The highest BCUT2D eigenvalue weighted by Gasteiger charge is 2.45. The third-order valence-corrected chi connectivity index (χ3v) is 8.63. The van der Waals surface area contributed by atoms with Gasteiger partial charge in [-0.1, -0.05) is 19.1 Å². The monoisotopic (exact) mass is 491 g/mol. The van der Waals surface area contributed by atoms with E-state index in [2.05, 4.69) is 14.8 Å². The largest absolute Gasteiger partial charge is 0.435 e. The summed E-state index contributed by atoms with van der Waals surface area (Å²) in [5.41, 5.74) is 1.82. The minimum absolute atomic E-state index is 0.00948. The molecule has 1 aliphatic carbocycles. The Hall–Kier alpha value is -2.92. The van der Waals surface area contributed by atoms with E-state index in [-0.39, 0.29) is 35.5 Å². The molecule has 3 heterocycles. The van der Waals surface area contributed by atoms with Gasteiger partial charge in [0.15, 0.2) is 15.6 Å². The Bertz CT molecular complexity index is 1370. The number of halogens is 2. The van der Waals surface area contributed by atoms with E-state index in [1.807, 2.05) is 0 Å². The van der Waals surface area contributed by atoms with E-state index in [0.29, 0.717) is 40.7 Å². The van der Waals surface area contributed by atoms with Crippen LogP contribution in [0.3, 0.4) is 0 Å². The second-order valence-electron chi connectivity index (χ2n) is 9.51. The Morgan fingerprint density at radius 3 is 2.68 bits per heavy atom. The number of ketones is 1. The van der Waals surface area contributed by atoms with Crippen LogP contribution in [0.2, 0.25) is 0 Å². The number of aromatic nitrogens is 3. The van der Waals surface area contributed by atoms with Gasteiger partial charge in [0.1, 0.15) is 17.0 Å². The molecule has 1 aromatic carbocycles. The summed E-state index contributed by atoms with van der Waals surface area (Å²) in [6.45, 7) is -1.18. The third kappa shape index (κ3) is 4.29. The lowest BCUT2D eigenvalue weighted by molar-refractivity contribution is -0.0498. The molecular weight excluding hydrogens is 468 g/mol. The van der Waals surface area contributed by atoms with Crippen molar-refractivity contribution in [3.8, 4) is 17.0 Å². The fraction of sp³-hybridized carbons (Fsp3) is 0.435. The average molecular weight is 492 g/mol. The second-order valence-corrected chi connectivity index (χ2v) is 11.6. The number of pyridine rings is 1. The van der Waals surface area contributed by atoms with Gasteiger partial charge in [-0.2, -0.15) is 13.9 Å². The quantitative estimate of drug-likeness (QED) is 0.504. The lowest BCUT2D eigenvalue weighted by Crippen LogP contribution is -2.47. The topological polar surface area (TPSA) is 111 Å². The number of rotatable bonds is 7. The zero-order valence-corrected chi connectivity index (χ0v) is 19.1. The molecular formula is C23H23F2N3O5S. The number of fused-ring (bicyclic) bond motifs is 1. The van der Waals surface area contributed by atoms with E-state index in [1.165, 1.54) is 18.3 Å². The molecule has 11 heteroatoms.